The normalized spacial score (nSPS) is 12.3. The monoisotopic (exact) mass is 240 g/mol. The molecular weight excluding hydrogens is 222 g/mol. The molecule has 0 bridgehead atoms. The zero-order chi connectivity index (χ0) is 12.8. The van der Waals surface area contributed by atoms with E-state index in [1.807, 2.05) is 0 Å². The van der Waals surface area contributed by atoms with E-state index >= 15 is 0 Å². The van der Waals surface area contributed by atoms with Crippen LogP contribution in [0.4, 0.5) is 4.39 Å². The van der Waals surface area contributed by atoms with Crippen molar-refractivity contribution in [2.24, 2.45) is 5.92 Å². The van der Waals surface area contributed by atoms with E-state index in [-0.39, 0.29) is 5.46 Å². The Labute approximate surface area is 101 Å². The summed E-state index contributed by atoms with van der Waals surface area (Å²) in [7, 11) is -1.68. The van der Waals surface area contributed by atoms with Crippen molar-refractivity contribution in [1.82, 2.24) is 0 Å². The molecule has 0 spiro atoms. The maximum Gasteiger partial charge on any atom is 0.488 e. The lowest BCUT2D eigenvalue weighted by Gasteiger charge is -2.13. The van der Waals surface area contributed by atoms with E-state index in [1.54, 1.807) is 0 Å². The summed E-state index contributed by atoms with van der Waals surface area (Å²) >= 11 is 0. The Bertz CT molecular complexity index is 358. The third-order valence-electron chi connectivity index (χ3n) is 2.51. The van der Waals surface area contributed by atoms with Gasteiger partial charge in [-0.2, -0.15) is 0 Å². The fourth-order valence-corrected chi connectivity index (χ4v) is 1.63. The minimum atomic E-state index is -1.68. The minimum Gasteiger partial charge on any atom is -0.493 e. The zero-order valence-corrected chi connectivity index (χ0v) is 10.2. The van der Waals surface area contributed by atoms with Gasteiger partial charge in [0.2, 0.25) is 0 Å². The number of halogens is 1. The van der Waals surface area contributed by atoms with Crippen LogP contribution in [0.3, 0.4) is 0 Å². The van der Waals surface area contributed by atoms with Crippen molar-refractivity contribution in [2.75, 3.05) is 6.61 Å². The highest BCUT2D eigenvalue weighted by molar-refractivity contribution is 6.58. The Kier molecular flexibility index (Phi) is 5.45. The summed E-state index contributed by atoms with van der Waals surface area (Å²) in [4.78, 5) is 0. The molecule has 0 fully saturated rings. The topological polar surface area (TPSA) is 49.7 Å². The summed E-state index contributed by atoms with van der Waals surface area (Å²) in [6.07, 6.45) is 2.12. The highest BCUT2D eigenvalue weighted by atomic mass is 19.1. The lowest BCUT2D eigenvalue weighted by molar-refractivity contribution is 0.250. The number of rotatable bonds is 6. The lowest BCUT2D eigenvalue weighted by Crippen LogP contribution is -2.30. The molecule has 0 aliphatic heterocycles. The molecule has 0 saturated heterocycles. The van der Waals surface area contributed by atoms with E-state index in [2.05, 4.69) is 13.8 Å². The molecule has 3 nitrogen and oxygen atoms in total. The number of ether oxygens (including phenoxy) is 1. The van der Waals surface area contributed by atoms with E-state index in [0.717, 1.165) is 18.9 Å². The number of benzene rings is 1. The zero-order valence-electron chi connectivity index (χ0n) is 10.2. The molecule has 1 aromatic carbocycles. The molecule has 1 unspecified atom stereocenters. The second-order valence-electron chi connectivity index (χ2n) is 4.30. The molecule has 0 saturated carbocycles. The van der Waals surface area contributed by atoms with E-state index in [1.165, 1.54) is 12.1 Å². The number of hydrogen-bond acceptors (Lipinski definition) is 3. The summed E-state index contributed by atoms with van der Waals surface area (Å²) in [5.41, 5.74) is 0.100. The number of hydrogen-bond donors (Lipinski definition) is 2. The SMILES string of the molecule is CCCC(C)COc1cc(F)cc(B(O)O)c1. The van der Waals surface area contributed by atoms with E-state index in [0.29, 0.717) is 18.3 Å². The smallest absolute Gasteiger partial charge is 0.488 e. The van der Waals surface area contributed by atoms with Gasteiger partial charge in [0.1, 0.15) is 11.6 Å². The molecule has 0 aliphatic carbocycles. The van der Waals surface area contributed by atoms with Gasteiger partial charge in [0.05, 0.1) is 6.61 Å². The summed E-state index contributed by atoms with van der Waals surface area (Å²) in [6.45, 7) is 4.65. The molecule has 1 atom stereocenters. The predicted octanol–water partition coefficient (Wildman–Crippen LogP) is 1.32. The molecule has 0 aromatic heterocycles. The van der Waals surface area contributed by atoms with Gasteiger partial charge in [0.15, 0.2) is 0 Å². The second-order valence-corrected chi connectivity index (χ2v) is 4.30. The molecule has 17 heavy (non-hydrogen) atoms. The van der Waals surface area contributed by atoms with Crippen molar-refractivity contribution < 1.29 is 19.2 Å². The Balaban J connectivity index is 2.64. The van der Waals surface area contributed by atoms with Crippen LogP contribution in [-0.4, -0.2) is 23.8 Å². The molecule has 0 aliphatic rings. The maximum absolute atomic E-state index is 13.2. The summed E-state index contributed by atoms with van der Waals surface area (Å²) in [5.74, 6) is 0.190. The van der Waals surface area contributed by atoms with Gasteiger partial charge in [0.25, 0.3) is 0 Å². The standard InChI is InChI=1S/C12H18BFO3/c1-3-4-9(2)8-17-12-6-10(13(15)16)5-11(14)7-12/h5-7,9,15-16H,3-4,8H2,1-2H3. The van der Waals surface area contributed by atoms with Crippen molar-refractivity contribution >= 4 is 12.6 Å². The van der Waals surface area contributed by atoms with Crippen molar-refractivity contribution in [3.63, 3.8) is 0 Å². The van der Waals surface area contributed by atoms with E-state index < -0.39 is 12.9 Å². The third-order valence-corrected chi connectivity index (χ3v) is 2.51. The lowest BCUT2D eigenvalue weighted by atomic mass is 9.80. The van der Waals surface area contributed by atoms with Gasteiger partial charge in [-0.1, -0.05) is 20.3 Å². The van der Waals surface area contributed by atoms with Crippen molar-refractivity contribution in [3.8, 4) is 5.75 Å². The van der Waals surface area contributed by atoms with E-state index in [9.17, 15) is 4.39 Å². The first-order valence-electron chi connectivity index (χ1n) is 5.82. The Hall–Kier alpha value is -1.07. The van der Waals surface area contributed by atoms with Gasteiger partial charge in [-0.3, -0.25) is 0 Å². The molecule has 2 N–H and O–H groups in total. The fraction of sp³-hybridized carbons (Fsp3) is 0.500. The summed E-state index contributed by atoms with van der Waals surface area (Å²) < 4.78 is 18.6. The van der Waals surface area contributed by atoms with Gasteiger partial charge in [-0.05, 0) is 29.9 Å². The van der Waals surface area contributed by atoms with Crippen LogP contribution in [-0.2, 0) is 0 Å². The maximum atomic E-state index is 13.2. The molecule has 0 heterocycles. The highest BCUT2D eigenvalue weighted by Gasteiger charge is 2.14. The largest absolute Gasteiger partial charge is 0.493 e. The Morgan fingerprint density at radius 2 is 2.06 bits per heavy atom. The first-order valence-corrected chi connectivity index (χ1v) is 5.82. The first-order chi connectivity index (χ1) is 8.02. The van der Waals surface area contributed by atoms with Crippen LogP contribution >= 0.6 is 0 Å². The van der Waals surface area contributed by atoms with Crippen LogP contribution in [0, 0.1) is 11.7 Å². The van der Waals surface area contributed by atoms with Gasteiger partial charge < -0.3 is 14.8 Å². The summed E-state index contributed by atoms with van der Waals surface area (Å²) in [6, 6.07) is 3.75. The molecule has 94 valence electrons. The van der Waals surface area contributed by atoms with Gasteiger partial charge in [0, 0.05) is 6.07 Å². The molecule has 0 radical (unpaired) electrons. The average Bonchev–Trinajstić information content (AvgIpc) is 2.26. The molecule has 5 heteroatoms. The second kappa shape index (κ2) is 6.62. The molecule has 1 aromatic rings. The Morgan fingerprint density at radius 1 is 1.35 bits per heavy atom. The highest BCUT2D eigenvalue weighted by Crippen LogP contribution is 2.14. The average molecular weight is 240 g/mol. The van der Waals surface area contributed by atoms with E-state index in [4.69, 9.17) is 14.8 Å². The van der Waals surface area contributed by atoms with Gasteiger partial charge in [-0.15, -0.1) is 0 Å². The van der Waals surface area contributed by atoms with Crippen molar-refractivity contribution in [3.05, 3.63) is 24.0 Å². The molecule has 0 amide bonds. The summed E-state index contributed by atoms with van der Waals surface area (Å²) in [5, 5.41) is 17.9. The fourth-order valence-electron chi connectivity index (χ4n) is 1.63. The minimum absolute atomic E-state index is 0.100. The quantitative estimate of drug-likeness (QED) is 0.737. The van der Waals surface area contributed by atoms with Crippen molar-refractivity contribution in [2.45, 2.75) is 26.7 Å². The van der Waals surface area contributed by atoms with Crippen molar-refractivity contribution in [1.29, 1.82) is 0 Å². The van der Waals surface area contributed by atoms with Crippen LogP contribution < -0.4 is 10.2 Å². The Morgan fingerprint density at radius 3 is 2.65 bits per heavy atom. The van der Waals surface area contributed by atoms with Crippen LogP contribution in [0.2, 0.25) is 0 Å². The van der Waals surface area contributed by atoms with Crippen LogP contribution in [0.1, 0.15) is 26.7 Å². The van der Waals surface area contributed by atoms with Crippen LogP contribution in [0.25, 0.3) is 0 Å². The van der Waals surface area contributed by atoms with Crippen LogP contribution in [0.15, 0.2) is 18.2 Å². The molecule has 1 rings (SSSR count). The van der Waals surface area contributed by atoms with Gasteiger partial charge >= 0.3 is 7.12 Å². The predicted molar refractivity (Wildman–Crippen MR) is 65.8 cm³/mol. The first kappa shape index (κ1) is 14.0. The molecular formula is C12H18BFO3. The van der Waals surface area contributed by atoms with Gasteiger partial charge in [-0.25, -0.2) is 4.39 Å². The third kappa shape index (κ3) is 4.75. The van der Waals surface area contributed by atoms with Crippen LogP contribution in [0.5, 0.6) is 5.75 Å².